The lowest BCUT2D eigenvalue weighted by Crippen LogP contribution is -1.94. The van der Waals surface area contributed by atoms with Gasteiger partial charge in [0.05, 0.1) is 10.5 Å². The molecule has 2 N–H and O–H groups in total. The van der Waals surface area contributed by atoms with Gasteiger partial charge in [0.2, 0.25) is 0 Å². The van der Waals surface area contributed by atoms with Crippen LogP contribution in [0, 0.1) is 5.82 Å². The molecule has 0 unspecified atom stereocenters. The quantitative estimate of drug-likeness (QED) is 0.765. The molecule has 0 saturated carbocycles. The van der Waals surface area contributed by atoms with Crippen LogP contribution in [-0.4, -0.2) is 16.1 Å². The van der Waals surface area contributed by atoms with Crippen LogP contribution in [0.2, 0.25) is 5.02 Å². The van der Waals surface area contributed by atoms with Crippen LogP contribution < -0.4 is 0 Å². The molecule has 1 heterocycles. The minimum absolute atomic E-state index is 0.00694. The number of benzene rings is 1. The van der Waals surface area contributed by atoms with E-state index in [-0.39, 0.29) is 10.7 Å². The summed E-state index contributed by atoms with van der Waals surface area (Å²) in [5, 5.41) is 9.38. The molecular formula is C9H5ClFNO2. The predicted octanol–water partition coefficient (Wildman–Crippen LogP) is 2.66. The van der Waals surface area contributed by atoms with Crippen molar-refractivity contribution < 1.29 is 14.3 Å². The molecule has 0 fully saturated rings. The zero-order valence-electron chi connectivity index (χ0n) is 6.84. The van der Waals surface area contributed by atoms with E-state index >= 15 is 0 Å². The number of halogens is 2. The van der Waals surface area contributed by atoms with Gasteiger partial charge in [0.15, 0.2) is 0 Å². The van der Waals surface area contributed by atoms with Crippen LogP contribution in [0.3, 0.4) is 0 Å². The van der Waals surface area contributed by atoms with E-state index in [1.54, 1.807) is 0 Å². The van der Waals surface area contributed by atoms with Gasteiger partial charge in [0.25, 0.3) is 0 Å². The van der Waals surface area contributed by atoms with Gasteiger partial charge in [-0.25, -0.2) is 9.18 Å². The predicted molar refractivity (Wildman–Crippen MR) is 50.2 cm³/mol. The summed E-state index contributed by atoms with van der Waals surface area (Å²) in [6, 6.07) is 3.72. The number of aromatic nitrogens is 1. The van der Waals surface area contributed by atoms with Crippen LogP contribution in [0.15, 0.2) is 18.2 Å². The van der Waals surface area contributed by atoms with Crippen molar-refractivity contribution >= 4 is 28.5 Å². The second-order valence-electron chi connectivity index (χ2n) is 2.84. The zero-order chi connectivity index (χ0) is 10.3. The summed E-state index contributed by atoms with van der Waals surface area (Å²) in [6.45, 7) is 0. The number of carboxylic acid groups (broad SMARTS) is 1. The molecule has 1 aromatic heterocycles. The Hall–Kier alpha value is -1.55. The average Bonchev–Trinajstić information content (AvgIpc) is 2.47. The summed E-state index contributed by atoms with van der Waals surface area (Å²) >= 11 is 5.73. The third-order valence-corrected chi connectivity index (χ3v) is 2.20. The van der Waals surface area contributed by atoms with Gasteiger partial charge in [-0.15, -0.1) is 0 Å². The van der Waals surface area contributed by atoms with Crippen LogP contribution in [0.4, 0.5) is 4.39 Å². The van der Waals surface area contributed by atoms with Gasteiger partial charge in [-0.05, 0) is 18.2 Å². The van der Waals surface area contributed by atoms with Gasteiger partial charge in [-0.3, -0.25) is 0 Å². The number of hydrogen-bond donors (Lipinski definition) is 2. The van der Waals surface area contributed by atoms with Crippen molar-refractivity contribution in [3.63, 3.8) is 0 Å². The van der Waals surface area contributed by atoms with E-state index in [1.165, 1.54) is 12.1 Å². The summed E-state index contributed by atoms with van der Waals surface area (Å²) in [7, 11) is 0. The summed E-state index contributed by atoms with van der Waals surface area (Å²) in [4.78, 5) is 13.2. The minimum atomic E-state index is -1.10. The highest BCUT2D eigenvalue weighted by Crippen LogP contribution is 2.25. The fraction of sp³-hybridized carbons (Fsp3) is 0. The third kappa shape index (κ3) is 1.33. The van der Waals surface area contributed by atoms with E-state index in [4.69, 9.17) is 16.7 Å². The first-order valence-electron chi connectivity index (χ1n) is 3.79. The van der Waals surface area contributed by atoms with Gasteiger partial charge < -0.3 is 10.1 Å². The number of nitrogens with one attached hydrogen (secondary N) is 1. The van der Waals surface area contributed by atoms with Gasteiger partial charge >= 0.3 is 5.97 Å². The second kappa shape index (κ2) is 2.99. The summed E-state index contributed by atoms with van der Waals surface area (Å²) in [6.07, 6.45) is 0. The van der Waals surface area contributed by atoms with Gasteiger partial charge in [-0.1, -0.05) is 11.6 Å². The topological polar surface area (TPSA) is 53.1 Å². The number of carboxylic acids is 1. The van der Waals surface area contributed by atoms with Crippen molar-refractivity contribution in [1.29, 1.82) is 0 Å². The monoisotopic (exact) mass is 213 g/mol. The van der Waals surface area contributed by atoms with Crippen molar-refractivity contribution in [3.05, 3.63) is 34.7 Å². The Morgan fingerprint density at radius 2 is 2.14 bits per heavy atom. The van der Waals surface area contributed by atoms with E-state index in [0.717, 1.165) is 6.07 Å². The Morgan fingerprint density at radius 1 is 1.43 bits per heavy atom. The number of rotatable bonds is 1. The molecule has 5 heteroatoms. The lowest BCUT2D eigenvalue weighted by Gasteiger charge is -1.93. The van der Waals surface area contributed by atoms with Gasteiger partial charge in [-0.2, -0.15) is 0 Å². The standard InChI is InChI=1S/C9H5ClFNO2/c10-6-1-4(11)2-7-5(6)3-8(12-7)9(13)14/h1-3,12H,(H,13,14). The Labute approximate surface area is 83.1 Å². The van der Waals surface area contributed by atoms with Crippen molar-refractivity contribution in [2.75, 3.05) is 0 Å². The van der Waals surface area contributed by atoms with Crippen molar-refractivity contribution in [3.8, 4) is 0 Å². The fourth-order valence-electron chi connectivity index (χ4n) is 1.28. The maximum Gasteiger partial charge on any atom is 0.352 e. The van der Waals surface area contributed by atoms with Crippen LogP contribution >= 0.6 is 11.6 Å². The second-order valence-corrected chi connectivity index (χ2v) is 3.24. The Kier molecular flexibility index (Phi) is 1.93. The first kappa shape index (κ1) is 9.02. The molecule has 0 aliphatic heterocycles. The van der Waals surface area contributed by atoms with Crippen LogP contribution in [-0.2, 0) is 0 Å². The smallest absolute Gasteiger partial charge is 0.352 e. The number of aromatic amines is 1. The van der Waals surface area contributed by atoms with Crippen LogP contribution in [0.25, 0.3) is 10.9 Å². The molecule has 3 nitrogen and oxygen atoms in total. The SMILES string of the molecule is O=C(O)c1cc2c(Cl)cc(F)cc2[nH]1. The Bertz CT molecular complexity index is 521. The summed E-state index contributed by atoms with van der Waals surface area (Å²) < 4.78 is 12.9. The van der Waals surface area contributed by atoms with E-state index in [9.17, 15) is 9.18 Å². The highest BCUT2D eigenvalue weighted by molar-refractivity contribution is 6.35. The molecule has 2 rings (SSSR count). The zero-order valence-corrected chi connectivity index (χ0v) is 7.60. The number of fused-ring (bicyclic) bond motifs is 1. The summed E-state index contributed by atoms with van der Waals surface area (Å²) in [5.74, 6) is -1.60. The molecule has 0 aliphatic carbocycles. The molecule has 0 saturated heterocycles. The van der Waals surface area contributed by atoms with Crippen molar-refractivity contribution in [1.82, 2.24) is 4.98 Å². The molecule has 2 aromatic rings. The van der Waals surface area contributed by atoms with Gasteiger partial charge in [0.1, 0.15) is 11.5 Å². The van der Waals surface area contributed by atoms with Crippen molar-refractivity contribution in [2.24, 2.45) is 0 Å². The molecular weight excluding hydrogens is 209 g/mol. The lowest BCUT2D eigenvalue weighted by atomic mass is 10.2. The minimum Gasteiger partial charge on any atom is -0.477 e. The van der Waals surface area contributed by atoms with Crippen LogP contribution in [0.1, 0.15) is 10.5 Å². The Balaban J connectivity index is 2.76. The van der Waals surface area contributed by atoms with Gasteiger partial charge in [0, 0.05) is 5.39 Å². The molecule has 0 atom stereocenters. The highest BCUT2D eigenvalue weighted by atomic mass is 35.5. The third-order valence-electron chi connectivity index (χ3n) is 1.88. The number of H-pyrrole nitrogens is 1. The Morgan fingerprint density at radius 3 is 2.79 bits per heavy atom. The molecule has 0 spiro atoms. The van der Waals surface area contributed by atoms with E-state index in [2.05, 4.69) is 4.98 Å². The van der Waals surface area contributed by atoms with E-state index in [1.807, 2.05) is 0 Å². The maximum atomic E-state index is 12.9. The molecule has 0 amide bonds. The maximum absolute atomic E-state index is 12.9. The normalized spacial score (nSPS) is 10.7. The molecule has 0 bridgehead atoms. The number of hydrogen-bond acceptors (Lipinski definition) is 1. The van der Waals surface area contributed by atoms with E-state index < -0.39 is 11.8 Å². The molecule has 72 valence electrons. The first-order valence-corrected chi connectivity index (χ1v) is 4.17. The number of aromatic carboxylic acids is 1. The largest absolute Gasteiger partial charge is 0.477 e. The first-order chi connectivity index (χ1) is 6.58. The highest BCUT2D eigenvalue weighted by Gasteiger charge is 2.10. The average molecular weight is 214 g/mol. The molecule has 0 radical (unpaired) electrons. The fourth-order valence-corrected chi connectivity index (χ4v) is 1.54. The summed E-state index contributed by atoms with van der Waals surface area (Å²) in [5.41, 5.74) is 0.375. The molecule has 1 aromatic carbocycles. The van der Waals surface area contributed by atoms with Crippen molar-refractivity contribution in [2.45, 2.75) is 0 Å². The lowest BCUT2D eigenvalue weighted by molar-refractivity contribution is 0.0691. The molecule has 14 heavy (non-hydrogen) atoms. The number of carbonyl (C=O) groups is 1. The van der Waals surface area contributed by atoms with Crippen LogP contribution in [0.5, 0.6) is 0 Å². The van der Waals surface area contributed by atoms with E-state index in [0.29, 0.717) is 10.9 Å². The molecule has 0 aliphatic rings.